The molecule has 1 heterocycles. The van der Waals surface area contributed by atoms with E-state index in [1.807, 2.05) is 7.05 Å². The van der Waals surface area contributed by atoms with Crippen LogP contribution in [0.3, 0.4) is 0 Å². The van der Waals surface area contributed by atoms with Gasteiger partial charge in [-0.2, -0.15) is 5.10 Å². The molecule has 1 aromatic heterocycles. The number of benzene rings is 1. The Hall–Kier alpha value is -1.90. The number of carbonyl (C=O) groups is 1. The minimum atomic E-state index is 0.196. The summed E-state index contributed by atoms with van der Waals surface area (Å²) in [6, 6.07) is 10.3. The van der Waals surface area contributed by atoms with Crippen molar-refractivity contribution >= 4 is 5.78 Å². The number of nitrogens with zero attached hydrogens (tertiary/aromatic N) is 2. The summed E-state index contributed by atoms with van der Waals surface area (Å²) >= 11 is 0. The average molecular weight is 254 g/mol. The lowest BCUT2D eigenvalue weighted by Gasteiger charge is -2.24. The van der Waals surface area contributed by atoms with E-state index in [2.05, 4.69) is 29.4 Å². The Morgan fingerprint density at radius 2 is 2.21 bits per heavy atom. The zero-order chi connectivity index (χ0) is 13.2. The number of fused-ring (bicyclic) bond motifs is 1. The molecule has 0 N–H and O–H groups in total. The number of carbonyl (C=O) groups excluding carboxylic acids is 1. The smallest absolute Gasteiger partial charge is 0.181 e. The van der Waals surface area contributed by atoms with Crippen LogP contribution in [-0.4, -0.2) is 15.6 Å². The molecule has 19 heavy (non-hydrogen) atoms. The second-order valence-corrected chi connectivity index (χ2v) is 5.26. The lowest BCUT2D eigenvalue weighted by molar-refractivity contribution is 0.0962. The lowest BCUT2D eigenvalue weighted by Crippen LogP contribution is -2.15. The molecular formula is C16H18N2O. The van der Waals surface area contributed by atoms with Gasteiger partial charge in [0.25, 0.3) is 0 Å². The minimum absolute atomic E-state index is 0.196. The van der Waals surface area contributed by atoms with E-state index in [1.54, 1.807) is 16.9 Å². The number of rotatable bonds is 3. The molecule has 2 aromatic rings. The number of aromatic nitrogens is 2. The van der Waals surface area contributed by atoms with E-state index >= 15 is 0 Å². The zero-order valence-electron chi connectivity index (χ0n) is 11.2. The Balaban J connectivity index is 1.82. The third kappa shape index (κ3) is 2.33. The van der Waals surface area contributed by atoms with E-state index in [0.29, 0.717) is 18.0 Å². The Bertz CT molecular complexity index is 600. The fourth-order valence-electron chi connectivity index (χ4n) is 3.04. The Kier molecular flexibility index (Phi) is 3.20. The first kappa shape index (κ1) is 12.2. The summed E-state index contributed by atoms with van der Waals surface area (Å²) in [6.07, 6.45) is 5.71. The van der Waals surface area contributed by atoms with Crippen LogP contribution in [0.4, 0.5) is 0 Å². The summed E-state index contributed by atoms with van der Waals surface area (Å²) in [5.74, 6) is 0.564. The lowest BCUT2D eigenvalue weighted by atomic mass is 9.80. The van der Waals surface area contributed by atoms with Crippen molar-refractivity contribution in [2.24, 2.45) is 7.05 Å². The first-order valence-electron chi connectivity index (χ1n) is 6.84. The van der Waals surface area contributed by atoms with Crippen molar-refractivity contribution in [2.45, 2.75) is 31.6 Å². The van der Waals surface area contributed by atoms with E-state index in [9.17, 15) is 4.79 Å². The van der Waals surface area contributed by atoms with Crippen LogP contribution in [0.15, 0.2) is 36.5 Å². The van der Waals surface area contributed by atoms with Gasteiger partial charge < -0.3 is 0 Å². The molecule has 3 heteroatoms. The van der Waals surface area contributed by atoms with Crippen molar-refractivity contribution in [3.63, 3.8) is 0 Å². The summed E-state index contributed by atoms with van der Waals surface area (Å²) < 4.78 is 1.66. The molecule has 0 saturated heterocycles. The van der Waals surface area contributed by atoms with Gasteiger partial charge in [-0.05, 0) is 42.4 Å². The molecule has 0 bridgehead atoms. The second-order valence-electron chi connectivity index (χ2n) is 5.26. The quantitative estimate of drug-likeness (QED) is 0.789. The molecule has 0 saturated carbocycles. The summed E-state index contributed by atoms with van der Waals surface area (Å²) in [5.41, 5.74) is 3.49. The Labute approximate surface area is 113 Å². The van der Waals surface area contributed by atoms with E-state index in [-0.39, 0.29) is 5.78 Å². The van der Waals surface area contributed by atoms with Gasteiger partial charge in [0.1, 0.15) is 5.69 Å². The first-order chi connectivity index (χ1) is 9.25. The number of Topliss-reactive ketones (excluding diaryl/α,β-unsaturated/α-hetero) is 1. The molecule has 0 amide bonds. The highest BCUT2D eigenvalue weighted by Crippen LogP contribution is 2.34. The van der Waals surface area contributed by atoms with Crippen LogP contribution in [0.1, 0.15) is 46.8 Å². The first-order valence-corrected chi connectivity index (χ1v) is 6.84. The Morgan fingerprint density at radius 3 is 3.00 bits per heavy atom. The molecule has 0 aliphatic heterocycles. The third-order valence-corrected chi connectivity index (χ3v) is 4.03. The number of hydrogen-bond donors (Lipinski definition) is 0. The van der Waals surface area contributed by atoms with Crippen LogP contribution < -0.4 is 0 Å². The van der Waals surface area contributed by atoms with Crippen LogP contribution in [0.5, 0.6) is 0 Å². The van der Waals surface area contributed by atoms with Gasteiger partial charge >= 0.3 is 0 Å². The van der Waals surface area contributed by atoms with Crippen molar-refractivity contribution in [2.75, 3.05) is 0 Å². The van der Waals surface area contributed by atoms with E-state index in [0.717, 1.165) is 12.8 Å². The molecule has 1 aliphatic rings. The molecule has 1 aliphatic carbocycles. The SMILES string of the molecule is Cn1nccc1C(=O)CC1CCCc2ccccc21. The van der Waals surface area contributed by atoms with Gasteiger partial charge in [-0.1, -0.05) is 24.3 Å². The molecule has 1 unspecified atom stereocenters. The average Bonchev–Trinajstić information content (AvgIpc) is 2.85. The van der Waals surface area contributed by atoms with Crippen LogP contribution in [0, 0.1) is 0 Å². The Morgan fingerprint density at radius 1 is 1.37 bits per heavy atom. The van der Waals surface area contributed by atoms with Crippen molar-refractivity contribution < 1.29 is 4.79 Å². The molecule has 0 fully saturated rings. The van der Waals surface area contributed by atoms with E-state index < -0.39 is 0 Å². The summed E-state index contributed by atoms with van der Waals surface area (Å²) in [6.45, 7) is 0. The monoisotopic (exact) mass is 254 g/mol. The molecule has 1 aromatic carbocycles. The van der Waals surface area contributed by atoms with Crippen LogP contribution in [-0.2, 0) is 13.5 Å². The highest BCUT2D eigenvalue weighted by Gasteiger charge is 2.23. The molecule has 0 radical (unpaired) electrons. The van der Waals surface area contributed by atoms with Crippen LogP contribution in [0.25, 0.3) is 0 Å². The summed E-state index contributed by atoms with van der Waals surface area (Å²) in [4.78, 5) is 12.3. The maximum atomic E-state index is 12.3. The van der Waals surface area contributed by atoms with Crippen molar-refractivity contribution in [1.82, 2.24) is 9.78 Å². The molecule has 3 nitrogen and oxygen atoms in total. The fourth-order valence-corrected chi connectivity index (χ4v) is 3.04. The standard InChI is InChI=1S/C16H18N2O/c1-18-15(9-10-17-18)16(19)11-13-7-4-6-12-5-2-3-8-14(12)13/h2-3,5,8-10,13H,4,6-7,11H2,1H3. The van der Waals surface area contributed by atoms with Gasteiger partial charge in [0.15, 0.2) is 5.78 Å². The summed E-state index contributed by atoms with van der Waals surface area (Å²) in [7, 11) is 1.82. The number of hydrogen-bond acceptors (Lipinski definition) is 2. The predicted molar refractivity (Wildman–Crippen MR) is 74.3 cm³/mol. The highest BCUT2D eigenvalue weighted by molar-refractivity contribution is 5.95. The maximum Gasteiger partial charge on any atom is 0.181 e. The summed E-state index contributed by atoms with van der Waals surface area (Å²) in [5, 5.41) is 4.07. The van der Waals surface area contributed by atoms with Gasteiger partial charge in [0.2, 0.25) is 0 Å². The van der Waals surface area contributed by atoms with Crippen molar-refractivity contribution in [1.29, 1.82) is 0 Å². The van der Waals surface area contributed by atoms with Crippen molar-refractivity contribution in [3.05, 3.63) is 53.3 Å². The molecule has 98 valence electrons. The van der Waals surface area contributed by atoms with Gasteiger partial charge in [-0.3, -0.25) is 9.48 Å². The van der Waals surface area contributed by atoms with Gasteiger partial charge in [-0.25, -0.2) is 0 Å². The zero-order valence-corrected chi connectivity index (χ0v) is 11.2. The largest absolute Gasteiger partial charge is 0.292 e. The van der Waals surface area contributed by atoms with Gasteiger partial charge in [-0.15, -0.1) is 0 Å². The van der Waals surface area contributed by atoms with Crippen LogP contribution >= 0.6 is 0 Å². The normalized spacial score (nSPS) is 18.1. The maximum absolute atomic E-state index is 12.3. The molecule has 0 spiro atoms. The fraction of sp³-hybridized carbons (Fsp3) is 0.375. The van der Waals surface area contributed by atoms with Gasteiger partial charge in [0.05, 0.1) is 0 Å². The third-order valence-electron chi connectivity index (χ3n) is 4.03. The second kappa shape index (κ2) is 5.00. The predicted octanol–water partition coefficient (Wildman–Crippen LogP) is 3.11. The van der Waals surface area contributed by atoms with Gasteiger partial charge in [0, 0.05) is 19.7 Å². The minimum Gasteiger partial charge on any atom is -0.292 e. The van der Waals surface area contributed by atoms with E-state index in [1.165, 1.54) is 17.5 Å². The molecule has 1 atom stereocenters. The van der Waals surface area contributed by atoms with Crippen LogP contribution in [0.2, 0.25) is 0 Å². The topological polar surface area (TPSA) is 34.9 Å². The number of aryl methyl sites for hydroxylation is 2. The molecular weight excluding hydrogens is 236 g/mol. The highest BCUT2D eigenvalue weighted by atomic mass is 16.1. The van der Waals surface area contributed by atoms with Crippen molar-refractivity contribution in [3.8, 4) is 0 Å². The molecule has 3 rings (SSSR count). The van der Waals surface area contributed by atoms with E-state index in [4.69, 9.17) is 0 Å². The number of ketones is 1.